The Morgan fingerprint density at radius 1 is 1.00 bits per heavy atom. The maximum atomic E-state index is 13.7. The number of nitrogens with one attached hydrogen (secondary N) is 4. The van der Waals surface area contributed by atoms with Crippen molar-refractivity contribution in [3.63, 3.8) is 0 Å². The van der Waals surface area contributed by atoms with E-state index in [1.54, 1.807) is 39.2 Å². The van der Waals surface area contributed by atoms with Gasteiger partial charge in [-0.2, -0.15) is 0 Å². The molecule has 4 N–H and O–H groups in total. The third-order valence-corrected chi connectivity index (χ3v) is 8.43. The molecule has 0 radical (unpaired) electrons. The zero-order valence-electron chi connectivity index (χ0n) is 27.6. The first-order valence-corrected chi connectivity index (χ1v) is 16.1. The molecule has 3 aromatic rings. The number of unbranched alkanes of at least 4 members (excludes halogenated alkanes) is 1. The highest BCUT2D eigenvalue weighted by atomic mass is 16.5. The fraction of sp³-hybridized carbons (Fsp3) is 0.389. The highest BCUT2D eigenvalue weighted by Crippen LogP contribution is 2.40. The maximum absolute atomic E-state index is 13.7. The number of carbonyl (C=O) groups is 4. The van der Waals surface area contributed by atoms with Gasteiger partial charge in [0.25, 0.3) is 5.91 Å². The van der Waals surface area contributed by atoms with Gasteiger partial charge in [-0.15, -0.1) is 0 Å². The predicted octanol–water partition coefficient (Wildman–Crippen LogP) is 4.72. The van der Waals surface area contributed by atoms with Crippen LogP contribution in [0.1, 0.15) is 67.1 Å². The second-order valence-electron chi connectivity index (χ2n) is 12.2. The number of rotatable bonds is 12. The second kappa shape index (κ2) is 14.6. The topological polar surface area (TPSA) is 138 Å². The largest absolute Gasteiger partial charge is 0.493 e. The summed E-state index contributed by atoms with van der Waals surface area (Å²) in [4.78, 5) is 53.1. The molecule has 0 aliphatic carbocycles. The minimum atomic E-state index is -0.832. The minimum absolute atomic E-state index is 0.0134. The number of anilines is 3. The van der Waals surface area contributed by atoms with Gasteiger partial charge < -0.3 is 35.6 Å². The van der Waals surface area contributed by atoms with E-state index in [4.69, 9.17) is 9.47 Å². The number of benzene rings is 3. The number of hydrogen-bond donors (Lipinski definition) is 4. The van der Waals surface area contributed by atoms with Crippen LogP contribution >= 0.6 is 0 Å². The maximum Gasteiger partial charge on any atom is 0.260 e. The van der Waals surface area contributed by atoms with E-state index in [1.165, 1.54) is 0 Å². The minimum Gasteiger partial charge on any atom is -0.493 e. The summed E-state index contributed by atoms with van der Waals surface area (Å²) < 4.78 is 11.9. The van der Waals surface area contributed by atoms with E-state index >= 15 is 0 Å². The molecular formula is C36H43N5O6. The summed E-state index contributed by atoms with van der Waals surface area (Å²) in [7, 11) is 1.54. The van der Waals surface area contributed by atoms with Crippen LogP contribution in [0.15, 0.2) is 54.6 Å². The number of aryl methyl sites for hydroxylation is 1. The molecule has 0 saturated heterocycles. The number of hydrogen-bond acceptors (Lipinski definition) is 7. The first-order valence-electron chi connectivity index (χ1n) is 16.1. The van der Waals surface area contributed by atoms with Crippen molar-refractivity contribution in [2.24, 2.45) is 0 Å². The molecule has 47 heavy (non-hydrogen) atoms. The summed E-state index contributed by atoms with van der Waals surface area (Å²) in [6, 6.07) is 15.5. The lowest BCUT2D eigenvalue weighted by Crippen LogP contribution is -2.50. The Hall–Kier alpha value is -5.06. The van der Waals surface area contributed by atoms with Gasteiger partial charge in [0.15, 0.2) is 11.5 Å². The molecule has 11 heteroatoms. The Morgan fingerprint density at radius 2 is 1.77 bits per heavy atom. The van der Waals surface area contributed by atoms with Gasteiger partial charge in [0.1, 0.15) is 18.7 Å². The summed E-state index contributed by atoms with van der Waals surface area (Å²) in [5.41, 5.74) is 5.56. The van der Waals surface area contributed by atoms with E-state index in [2.05, 4.69) is 27.3 Å². The van der Waals surface area contributed by atoms with Crippen molar-refractivity contribution in [1.82, 2.24) is 10.6 Å². The smallest absolute Gasteiger partial charge is 0.260 e. The number of nitrogens with zero attached hydrogens (tertiary/aromatic N) is 1. The van der Waals surface area contributed by atoms with Gasteiger partial charge >= 0.3 is 0 Å². The average molecular weight is 642 g/mol. The fourth-order valence-electron chi connectivity index (χ4n) is 5.96. The molecule has 0 bridgehead atoms. The monoisotopic (exact) mass is 641 g/mol. The highest BCUT2D eigenvalue weighted by Gasteiger charge is 2.37. The summed E-state index contributed by atoms with van der Waals surface area (Å²) in [5, 5.41) is 11.6. The quantitative estimate of drug-likeness (QED) is 0.225. The van der Waals surface area contributed by atoms with E-state index in [1.807, 2.05) is 49.1 Å². The number of ether oxygens (including phenoxy) is 2. The Kier molecular flexibility index (Phi) is 10.3. The van der Waals surface area contributed by atoms with Crippen LogP contribution in [-0.4, -0.2) is 55.4 Å². The van der Waals surface area contributed by atoms with E-state index in [9.17, 15) is 19.2 Å². The van der Waals surface area contributed by atoms with Crippen LogP contribution in [0.25, 0.3) is 0 Å². The first kappa shape index (κ1) is 33.3. The van der Waals surface area contributed by atoms with Crippen molar-refractivity contribution in [2.45, 2.75) is 78.1 Å². The number of carbonyl (C=O) groups excluding carboxylic acids is 4. The van der Waals surface area contributed by atoms with Gasteiger partial charge in [-0.1, -0.05) is 37.6 Å². The van der Waals surface area contributed by atoms with Crippen LogP contribution in [0, 0.1) is 6.92 Å². The highest BCUT2D eigenvalue weighted by molar-refractivity contribution is 6.12. The van der Waals surface area contributed by atoms with Crippen LogP contribution in [0.2, 0.25) is 0 Å². The van der Waals surface area contributed by atoms with Crippen LogP contribution in [0.5, 0.6) is 11.5 Å². The molecule has 0 spiro atoms. The van der Waals surface area contributed by atoms with E-state index in [0.29, 0.717) is 41.4 Å². The predicted molar refractivity (Wildman–Crippen MR) is 181 cm³/mol. The molecule has 4 amide bonds. The Balaban J connectivity index is 1.23. The Bertz CT molecular complexity index is 1670. The molecular weight excluding hydrogens is 598 g/mol. The van der Waals surface area contributed by atoms with Crippen molar-refractivity contribution in [3.05, 3.63) is 76.9 Å². The van der Waals surface area contributed by atoms with Gasteiger partial charge in [0.05, 0.1) is 24.4 Å². The second-order valence-corrected chi connectivity index (χ2v) is 12.2. The van der Waals surface area contributed by atoms with Crippen LogP contribution in [0.4, 0.5) is 17.1 Å². The molecule has 11 nitrogen and oxygen atoms in total. The normalized spacial score (nSPS) is 16.0. The zero-order chi connectivity index (χ0) is 33.7. The first-order chi connectivity index (χ1) is 22.6. The van der Waals surface area contributed by atoms with Gasteiger partial charge in [-0.05, 0) is 74.6 Å². The number of fused-ring (bicyclic) bond motifs is 4. The molecule has 5 rings (SSSR count). The van der Waals surface area contributed by atoms with Crippen molar-refractivity contribution in [3.8, 4) is 11.5 Å². The van der Waals surface area contributed by atoms with Crippen molar-refractivity contribution in [1.29, 1.82) is 0 Å². The van der Waals surface area contributed by atoms with Crippen molar-refractivity contribution >= 4 is 40.7 Å². The molecule has 2 heterocycles. The molecule has 2 aliphatic heterocycles. The Labute approximate surface area is 275 Å². The molecule has 0 fully saturated rings. The summed E-state index contributed by atoms with van der Waals surface area (Å²) in [5.74, 6) is -0.195. The van der Waals surface area contributed by atoms with Crippen molar-refractivity contribution < 1.29 is 28.7 Å². The third kappa shape index (κ3) is 7.67. The summed E-state index contributed by atoms with van der Waals surface area (Å²) >= 11 is 0. The lowest BCUT2D eigenvalue weighted by atomic mass is 10.1. The van der Waals surface area contributed by atoms with Crippen LogP contribution < -0.4 is 35.6 Å². The SMILES string of the molecule is CCCCC(=O)N[C@@H](C)C(=O)N[C@@H](C)C(=O)Nc1cc(C)cc(COc2cc3c(cc2OC)C(=O)N2c4ccccc4C[C@H]2CN3)c1. The van der Waals surface area contributed by atoms with Crippen LogP contribution in [0.3, 0.4) is 0 Å². The van der Waals surface area contributed by atoms with Gasteiger partial charge in [-0.25, -0.2) is 0 Å². The van der Waals surface area contributed by atoms with Gasteiger partial charge in [0.2, 0.25) is 17.7 Å². The molecule has 0 saturated carbocycles. The van der Waals surface area contributed by atoms with Gasteiger partial charge in [0, 0.05) is 30.4 Å². The lowest BCUT2D eigenvalue weighted by Gasteiger charge is -2.22. The van der Waals surface area contributed by atoms with E-state index < -0.39 is 23.9 Å². The van der Waals surface area contributed by atoms with Crippen molar-refractivity contribution in [2.75, 3.05) is 29.2 Å². The molecule has 3 aromatic carbocycles. The standard InChI is InChI=1S/C36H43N5O6/c1-6-7-12-33(42)38-22(3)34(43)39-23(4)35(44)40-26-14-21(2)13-24(15-26)20-47-32-18-29-28(17-31(32)46-5)36(45)41-27(19-37-29)16-25-10-8-9-11-30(25)41/h8-11,13-15,17-18,22-23,27,37H,6-7,12,16,19-20H2,1-5H3,(H,38,42)(H,39,43)(H,40,44)/t22-,23-,27-/m0/s1. The van der Waals surface area contributed by atoms with E-state index in [0.717, 1.165) is 41.6 Å². The Morgan fingerprint density at radius 3 is 2.53 bits per heavy atom. The van der Waals surface area contributed by atoms with Crippen LogP contribution in [-0.2, 0) is 27.4 Å². The average Bonchev–Trinajstić information content (AvgIpc) is 3.36. The third-order valence-electron chi connectivity index (χ3n) is 8.43. The molecule has 0 aromatic heterocycles. The summed E-state index contributed by atoms with van der Waals surface area (Å²) in [6.45, 7) is 7.86. The number of para-hydroxylation sites is 1. The zero-order valence-corrected chi connectivity index (χ0v) is 27.6. The lowest BCUT2D eigenvalue weighted by molar-refractivity contribution is -0.130. The molecule has 2 aliphatic rings. The molecule has 0 unspecified atom stereocenters. The number of methoxy groups -OCH3 is 1. The van der Waals surface area contributed by atoms with E-state index in [-0.39, 0.29) is 24.5 Å². The summed E-state index contributed by atoms with van der Waals surface area (Å²) in [6.07, 6.45) is 2.77. The number of amides is 4. The molecule has 3 atom stereocenters. The fourth-order valence-corrected chi connectivity index (χ4v) is 5.96. The van der Waals surface area contributed by atoms with Gasteiger partial charge in [-0.3, -0.25) is 19.2 Å². The molecule has 248 valence electrons.